The monoisotopic (exact) mass is 378 g/mol. The Kier molecular flexibility index (Phi) is 5.59. The van der Waals surface area contributed by atoms with Crippen molar-refractivity contribution in [1.82, 2.24) is 9.72 Å². The predicted octanol–water partition coefficient (Wildman–Crippen LogP) is 4.14. The van der Waals surface area contributed by atoms with Crippen LogP contribution in [0.3, 0.4) is 0 Å². The van der Waals surface area contributed by atoms with Crippen LogP contribution in [0.25, 0.3) is 11.9 Å². The fourth-order valence-corrected chi connectivity index (χ4v) is 2.96. The fourth-order valence-electron chi connectivity index (χ4n) is 2.96. The van der Waals surface area contributed by atoms with E-state index in [4.69, 9.17) is 9.26 Å². The zero-order valence-electron chi connectivity index (χ0n) is 16.4. The lowest BCUT2D eigenvalue weighted by Gasteiger charge is -2.05. The van der Waals surface area contributed by atoms with Crippen molar-refractivity contribution >= 4 is 17.8 Å². The number of nitrogens with zero attached hydrogens (tertiary/aromatic N) is 2. The first kappa shape index (κ1) is 19.4. The zero-order chi connectivity index (χ0) is 20.3. The molecule has 0 spiro atoms. The van der Waals surface area contributed by atoms with Crippen molar-refractivity contribution in [1.29, 1.82) is 0 Å². The molecule has 0 radical (unpaired) electrons. The normalized spacial score (nSPS) is 11.1. The van der Waals surface area contributed by atoms with Crippen molar-refractivity contribution in [2.45, 2.75) is 27.7 Å². The minimum absolute atomic E-state index is 0.267. The molecule has 0 atom stereocenters. The van der Waals surface area contributed by atoms with Crippen LogP contribution in [0.5, 0.6) is 0 Å². The van der Waals surface area contributed by atoms with E-state index in [0.717, 1.165) is 22.5 Å². The highest BCUT2D eigenvalue weighted by Gasteiger charge is 2.19. The summed E-state index contributed by atoms with van der Waals surface area (Å²) in [5.74, 6) is 0.473. The van der Waals surface area contributed by atoms with E-state index in [1.807, 2.05) is 49.6 Å². The van der Waals surface area contributed by atoms with Crippen molar-refractivity contribution in [2.24, 2.45) is 0 Å². The average molecular weight is 378 g/mol. The number of ketones is 1. The van der Waals surface area contributed by atoms with Gasteiger partial charge < -0.3 is 9.26 Å². The van der Waals surface area contributed by atoms with Crippen molar-refractivity contribution in [3.63, 3.8) is 0 Å². The number of benzene rings is 1. The first-order valence-electron chi connectivity index (χ1n) is 8.92. The van der Waals surface area contributed by atoms with Gasteiger partial charge in [0.05, 0.1) is 0 Å². The predicted molar refractivity (Wildman–Crippen MR) is 106 cm³/mol. The van der Waals surface area contributed by atoms with Crippen LogP contribution in [0, 0.1) is 27.7 Å². The Bertz CT molecular complexity index is 1040. The van der Waals surface area contributed by atoms with Crippen molar-refractivity contribution in [3.05, 3.63) is 76.3 Å². The number of aryl methyl sites for hydroxylation is 3. The molecule has 0 aliphatic carbocycles. The van der Waals surface area contributed by atoms with Gasteiger partial charge in [-0.15, -0.1) is 0 Å². The summed E-state index contributed by atoms with van der Waals surface area (Å²) in [4.78, 5) is 24.4. The molecule has 0 fully saturated rings. The summed E-state index contributed by atoms with van der Waals surface area (Å²) < 4.78 is 12.0. The lowest BCUT2D eigenvalue weighted by atomic mass is 10.1. The molecule has 2 heterocycles. The van der Waals surface area contributed by atoms with E-state index in [1.165, 1.54) is 6.08 Å². The lowest BCUT2D eigenvalue weighted by molar-refractivity contribution is -0.136. The van der Waals surface area contributed by atoms with Gasteiger partial charge in [-0.05, 0) is 45.4 Å². The highest BCUT2D eigenvalue weighted by Crippen LogP contribution is 2.21. The SMILES string of the molecule is Cc1ccc(C=CC(=O)OCC(=O)c2cc(C)n(-c3cc(C)on3)c2C)cc1. The molecule has 3 rings (SSSR count). The minimum Gasteiger partial charge on any atom is -0.454 e. The van der Waals surface area contributed by atoms with Gasteiger partial charge in [-0.2, -0.15) is 0 Å². The molecular weight excluding hydrogens is 356 g/mol. The summed E-state index contributed by atoms with van der Waals surface area (Å²) in [6, 6.07) is 11.3. The van der Waals surface area contributed by atoms with Gasteiger partial charge >= 0.3 is 5.97 Å². The largest absolute Gasteiger partial charge is 0.454 e. The quantitative estimate of drug-likeness (QED) is 0.366. The molecule has 2 aromatic heterocycles. The van der Waals surface area contributed by atoms with Gasteiger partial charge in [0.15, 0.2) is 12.4 Å². The highest BCUT2D eigenvalue weighted by molar-refractivity contribution is 6.00. The maximum Gasteiger partial charge on any atom is 0.331 e. The first-order chi connectivity index (χ1) is 13.3. The molecule has 0 bridgehead atoms. The van der Waals surface area contributed by atoms with Crippen LogP contribution >= 0.6 is 0 Å². The summed E-state index contributed by atoms with van der Waals surface area (Å²) in [5.41, 5.74) is 4.10. The molecular formula is C22H22N2O4. The third-order valence-corrected chi connectivity index (χ3v) is 4.41. The van der Waals surface area contributed by atoms with Gasteiger partial charge in [-0.1, -0.05) is 35.0 Å². The van der Waals surface area contributed by atoms with Crippen molar-refractivity contribution in [2.75, 3.05) is 6.61 Å². The third-order valence-electron chi connectivity index (χ3n) is 4.41. The van der Waals surface area contributed by atoms with E-state index in [0.29, 0.717) is 17.1 Å². The summed E-state index contributed by atoms with van der Waals surface area (Å²) in [6.07, 6.45) is 2.98. The number of ether oxygens (including phenoxy) is 1. The highest BCUT2D eigenvalue weighted by atomic mass is 16.5. The molecule has 0 N–H and O–H groups in total. The molecule has 0 saturated heterocycles. The molecule has 0 unspecified atom stereocenters. The Labute approximate surface area is 163 Å². The molecule has 0 amide bonds. The molecule has 3 aromatic rings. The molecule has 0 aliphatic rings. The number of Topliss-reactive ketones (excluding diaryl/α,β-unsaturated/α-hetero) is 1. The second-order valence-corrected chi connectivity index (χ2v) is 6.69. The molecule has 0 saturated carbocycles. The average Bonchev–Trinajstić information content (AvgIpc) is 3.21. The summed E-state index contributed by atoms with van der Waals surface area (Å²) >= 11 is 0. The number of hydrogen-bond acceptors (Lipinski definition) is 5. The molecule has 28 heavy (non-hydrogen) atoms. The topological polar surface area (TPSA) is 74.3 Å². The lowest BCUT2D eigenvalue weighted by Crippen LogP contribution is -2.13. The number of carbonyl (C=O) groups excluding carboxylic acids is 2. The molecule has 6 heteroatoms. The van der Waals surface area contributed by atoms with Gasteiger partial charge in [-0.25, -0.2) is 4.79 Å². The van der Waals surface area contributed by atoms with Crippen molar-refractivity contribution < 1.29 is 18.8 Å². The van der Waals surface area contributed by atoms with Crippen LogP contribution in [0.1, 0.15) is 38.6 Å². The Balaban J connectivity index is 1.65. The number of esters is 1. The smallest absolute Gasteiger partial charge is 0.331 e. The number of aromatic nitrogens is 2. The third kappa shape index (κ3) is 4.28. The molecule has 144 valence electrons. The van der Waals surface area contributed by atoms with E-state index < -0.39 is 5.97 Å². The second-order valence-electron chi connectivity index (χ2n) is 6.69. The van der Waals surface area contributed by atoms with E-state index in [9.17, 15) is 9.59 Å². The van der Waals surface area contributed by atoms with E-state index in [2.05, 4.69) is 5.16 Å². The maximum atomic E-state index is 12.5. The van der Waals surface area contributed by atoms with Gasteiger partial charge in [0.1, 0.15) is 5.76 Å². The number of carbonyl (C=O) groups is 2. The summed E-state index contributed by atoms with van der Waals surface area (Å²) in [5, 5.41) is 4.00. The van der Waals surface area contributed by atoms with Crippen LogP contribution in [0.4, 0.5) is 0 Å². The Morgan fingerprint density at radius 2 is 1.82 bits per heavy atom. The molecule has 6 nitrogen and oxygen atoms in total. The Morgan fingerprint density at radius 1 is 1.11 bits per heavy atom. The zero-order valence-corrected chi connectivity index (χ0v) is 16.4. The van der Waals surface area contributed by atoms with Gasteiger partial charge in [0.25, 0.3) is 0 Å². The van der Waals surface area contributed by atoms with Crippen LogP contribution in [0.15, 0.2) is 47.0 Å². The Hall–Kier alpha value is -3.41. The second kappa shape index (κ2) is 8.08. The van der Waals surface area contributed by atoms with Crippen LogP contribution in [-0.4, -0.2) is 28.1 Å². The number of hydrogen-bond donors (Lipinski definition) is 0. The molecule has 1 aromatic carbocycles. The van der Waals surface area contributed by atoms with Crippen molar-refractivity contribution in [3.8, 4) is 5.82 Å². The number of rotatable bonds is 6. The van der Waals surface area contributed by atoms with Crippen LogP contribution in [0.2, 0.25) is 0 Å². The summed E-state index contributed by atoms with van der Waals surface area (Å²) in [6.45, 7) is 7.18. The molecule has 0 aliphatic heterocycles. The van der Waals surface area contributed by atoms with Gasteiger partial charge in [0, 0.05) is 29.1 Å². The van der Waals surface area contributed by atoms with E-state index >= 15 is 0 Å². The van der Waals surface area contributed by atoms with Gasteiger partial charge in [0.2, 0.25) is 5.78 Å². The minimum atomic E-state index is -0.560. The van der Waals surface area contributed by atoms with Crippen LogP contribution in [-0.2, 0) is 9.53 Å². The van der Waals surface area contributed by atoms with Crippen LogP contribution < -0.4 is 0 Å². The van der Waals surface area contributed by atoms with E-state index in [-0.39, 0.29) is 12.4 Å². The standard InChI is InChI=1S/C22H22N2O4/c1-14-5-7-18(8-6-14)9-10-22(26)27-13-20(25)19-11-15(2)24(17(19)4)21-12-16(3)28-23-21/h5-12H,13H2,1-4H3. The fraction of sp³-hybridized carbons (Fsp3) is 0.227. The summed E-state index contributed by atoms with van der Waals surface area (Å²) in [7, 11) is 0. The Morgan fingerprint density at radius 3 is 2.46 bits per heavy atom. The first-order valence-corrected chi connectivity index (χ1v) is 8.92. The van der Waals surface area contributed by atoms with Gasteiger partial charge in [-0.3, -0.25) is 9.36 Å². The maximum absolute atomic E-state index is 12.5. The van der Waals surface area contributed by atoms with E-state index in [1.54, 1.807) is 25.1 Å².